The standard InChI is InChI=1S/C23H19N3O4S2/c1-15-21(27)25-23(28)26-19(14-17-6-8-18(9-7-17)32(2,29)30)20(31-22(15)26)5-3-4-16-10-12-24-13-11-16/h6-13H,4,14H2,1-2H3,(H,25,27,28). The number of nitrogens with one attached hydrogen (secondary N) is 1. The summed E-state index contributed by atoms with van der Waals surface area (Å²) in [5, 5.41) is 0. The van der Waals surface area contributed by atoms with Crippen molar-refractivity contribution in [1.82, 2.24) is 14.4 Å². The molecule has 0 amide bonds. The first-order valence-electron chi connectivity index (χ1n) is 9.68. The van der Waals surface area contributed by atoms with Crippen LogP contribution in [-0.2, 0) is 22.7 Å². The normalized spacial score (nSPS) is 11.3. The van der Waals surface area contributed by atoms with E-state index in [0.29, 0.717) is 33.8 Å². The number of hydrogen-bond acceptors (Lipinski definition) is 6. The topological polar surface area (TPSA) is 101 Å². The van der Waals surface area contributed by atoms with Gasteiger partial charge in [-0.15, -0.1) is 11.3 Å². The van der Waals surface area contributed by atoms with Gasteiger partial charge in [-0.2, -0.15) is 0 Å². The van der Waals surface area contributed by atoms with Gasteiger partial charge in [0.2, 0.25) is 0 Å². The van der Waals surface area contributed by atoms with E-state index in [1.807, 2.05) is 12.1 Å². The number of aryl methyl sites for hydroxylation is 1. The van der Waals surface area contributed by atoms with Crippen LogP contribution in [0.15, 0.2) is 63.3 Å². The summed E-state index contributed by atoms with van der Waals surface area (Å²) in [7, 11) is -3.30. The fourth-order valence-electron chi connectivity index (χ4n) is 3.26. The van der Waals surface area contributed by atoms with Gasteiger partial charge in [0.15, 0.2) is 9.84 Å². The van der Waals surface area contributed by atoms with E-state index in [2.05, 4.69) is 21.8 Å². The summed E-state index contributed by atoms with van der Waals surface area (Å²) >= 11 is 1.30. The van der Waals surface area contributed by atoms with Crippen molar-refractivity contribution >= 4 is 26.0 Å². The molecule has 1 N–H and O–H groups in total. The molecule has 0 spiro atoms. The van der Waals surface area contributed by atoms with Crippen molar-refractivity contribution in [2.24, 2.45) is 0 Å². The fraction of sp³-hybridized carbons (Fsp3) is 0.174. The molecule has 7 nitrogen and oxygen atoms in total. The van der Waals surface area contributed by atoms with E-state index in [1.165, 1.54) is 15.7 Å². The van der Waals surface area contributed by atoms with Gasteiger partial charge in [-0.1, -0.05) is 24.0 Å². The lowest BCUT2D eigenvalue weighted by atomic mass is 10.1. The summed E-state index contributed by atoms with van der Waals surface area (Å²) in [6.07, 6.45) is 5.44. The van der Waals surface area contributed by atoms with Crippen LogP contribution >= 0.6 is 11.3 Å². The smallest absolute Gasteiger partial charge is 0.273 e. The molecule has 0 unspecified atom stereocenters. The third-order valence-electron chi connectivity index (χ3n) is 4.99. The van der Waals surface area contributed by atoms with E-state index in [0.717, 1.165) is 17.4 Å². The molecule has 0 aliphatic carbocycles. The summed E-state index contributed by atoms with van der Waals surface area (Å²) < 4.78 is 25.0. The Morgan fingerprint density at radius 2 is 1.75 bits per heavy atom. The van der Waals surface area contributed by atoms with E-state index in [-0.39, 0.29) is 4.90 Å². The molecule has 4 rings (SSSR count). The highest BCUT2D eigenvalue weighted by atomic mass is 32.2. The van der Waals surface area contributed by atoms with Gasteiger partial charge < -0.3 is 0 Å². The molecule has 3 aromatic heterocycles. The monoisotopic (exact) mass is 465 g/mol. The zero-order valence-electron chi connectivity index (χ0n) is 17.4. The number of aromatic amines is 1. The highest BCUT2D eigenvalue weighted by Crippen LogP contribution is 2.25. The highest BCUT2D eigenvalue weighted by Gasteiger charge is 2.17. The van der Waals surface area contributed by atoms with Crippen LogP contribution in [0.25, 0.3) is 4.83 Å². The molecule has 0 saturated heterocycles. The molecule has 32 heavy (non-hydrogen) atoms. The van der Waals surface area contributed by atoms with Gasteiger partial charge in [0.05, 0.1) is 15.5 Å². The number of sulfone groups is 1. The number of aromatic nitrogens is 3. The molecule has 0 aliphatic heterocycles. The summed E-state index contributed by atoms with van der Waals surface area (Å²) in [6.45, 7) is 1.67. The maximum Gasteiger partial charge on any atom is 0.333 e. The van der Waals surface area contributed by atoms with Crippen LogP contribution in [0.1, 0.15) is 27.3 Å². The Hall–Kier alpha value is -3.48. The zero-order chi connectivity index (χ0) is 22.9. The Morgan fingerprint density at radius 1 is 1.06 bits per heavy atom. The molecule has 162 valence electrons. The van der Waals surface area contributed by atoms with Crippen molar-refractivity contribution in [1.29, 1.82) is 0 Å². The molecule has 0 fully saturated rings. The number of benzene rings is 1. The van der Waals surface area contributed by atoms with Gasteiger partial charge in [0, 0.05) is 37.1 Å². The maximum absolute atomic E-state index is 12.6. The largest absolute Gasteiger partial charge is 0.333 e. The molecule has 0 bridgehead atoms. The molecule has 1 aromatic carbocycles. The Kier molecular flexibility index (Phi) is 5.82. The van der Waals surface area contributed by atoms with Crippen LogP contribution in [0, 0.1) is 18.8 Å². The Morgan fingerprint density at radius 3 is 2.41 bits per heavy atom. The van der Waals surface area contributed by atoms with Gasteiger partial charge >= 0.3 is 5.69 Å². The highest BCUT2D eigenvalue weighted by molar-refractivity contribution is 7.90. The van der Waals surface area contributed by atoms with Gasteiger partial charge in [-0.05, 0) is 42.3 Å². The lowest BCUT2D eigenvalue weighted by molar-refractivity contribution is 0.602. The fourth-order valence-corrected chi connectivity index (χ4v) is 5.02. The minimum Gasteiger partial charge on any atom is -0.273 e. The molecule has 4 aromatic rings. The van der Waals surface area contributed by atoms with Gasteiger partial charge in [0.25, 0.3) is 5.56 Å². The molecule has 3 heterocycles. The van der Waals surface area contributed by atoms with Crippen LogP contribution < -0.4 is 11.2 Å². The van der Waals surface area contributed by atoms with Crippen molar-refractivity contribution < 1.29 is 8.42 Å². The number of pyridine rings is 1. The number of H-pyrrole nitrogens is 1. The van der Waals surface area contributed by atoms with E-state index >= 15 is 0 Å². The molecule has 0 saturated carbocycles. The molecule has 0 radical (unpaired) electrons. The second-order valence-corrected chi connectivity index (χ2v) is 10.3. The average molecular weight is 466 g/mol. The van der Waals surface area contributed by atoms with Crippen molar-refractivity contribution in [2.45, 2.75) is 24.7 Å². The Labute approximate surface area is 188 Å². The van der Waals surface area contributed by atoms with Crippen molar-refractivity contribution in [2.75, 3.05) is 6.26 Å². The minimum atomic E-state index is -3.30. The quantitative estimate of drug-likeness (QED) is 0.466. The van der Waals surface area contributed by atoms with Gasteiger partial charge in [0.1, 0.15) is 4.83 Å². The zero-order valence-corrected chi connectivity index (χ0v) is 19.0. The summed E-state index contributed by atoms with van der Waals surface area (Å²) in [4.78, 5) is 32.6. The molecule has 9 heteroatoms. The number of rotatable bonds is 4. The molecule has 0 aliphatic rings. The van der Waals surface area contributed by atoms with E-state index in [1.54, 1.807) is 43.6 Å². The van der Waals surface area contributed by atoms with Gasteiger partial charge in [-0.25, -0.2) is 13.2 Å². The summed E-state index contributed by atoms with van der Waals surface area (Å²) in [5.41, 5.74) is 2.02. The minimum absolute atomic E-state index is 0.228. The second kappa shape index (κ2) is 8.57. The SMILES string of the molecule is Cc1c(=O)[nH]c(=O)n2c(Cc3ccc(S(C)(=O)=O)cc3)c(C#CCc3ccncc3)sc12. The van der Waals surface area contributed by atoms with Crippen molar-refractivity contribution in [3.63, 3.8) is 0 Å². The van der Waals surface area contributed by atoms with Crippen LogP contribution in [-0.4, -0.2) is 29.0 Å². The van der Waals surface area contributed by atoms with Gasteiger partial charge in [-0.3, -0.25) is 19.2 Å². The van der Waals surface area contributed by atoms with Crippen LogP contribution in [0.5, 0.6) is 0 Å². The van der Waals surface area contributed by atoms with E-state index < -0.39 is 21.1 Å². The summed E-state index contributed by atoms with van der Waals surface area (Å²) in [6, 6.07) is 10.3. The number of thiazole rings is 1. The number of fused-ring (bicyclic) bond motifs is 1. The predicted molar refractivity (Wildman–Crippen MR) is 124 cm³/mol. The summed E-state index contributed by atoms with van der Waals surface area (Å²) in [5.74, 6) is 6.29. The first-order valence-corrected chi connectivity index (χ1v) is 12.4. The molecular formula is C23H19N3O4S2. The lowest BCUT2D eigenvalue weighted by Gasteiger charge is -2.05. The predicted octanol–water partition coefficient (Wildman–Crippen LogP) is 2.34. The molecule has 0 atom stereocenters. The maximum atomic E-state index is 12.6. The van der Waals surface area contributed by atoms with Crippen LogP contribution in [0.3, 0.4) is 0 Å². The van der Waals surface area contributed by atoms with Crippen molar-refractivity contribution in [3.05, 3.63) is 96.9 Å². The second-order valence-electron chi connectivity index (χ2n) is 7.33. The first-order chi connectivity index (χ1) is 15.2. The van der Waals surface area contributed by atoms with E-state index in [9.17, 15) is 18.0 Å². The number of hydrogen-bond donors (Lipinski definition) is 1. The first kappa shape index (κ1) is 21.7. The average Bonchev–Trinajstić information content (AvgIpc) is 3.11. The van der Waals surface area contributed by atoms with Crippen LogP contribution in [0.2, 0.25) is 0 Å². The van der Waals surface area contributed by atoms with E-state index in [4.69, 9.17) is 0 Å². The third-order valence-corrected chi connectivity index (χ3v) is 7.34. The Balaban J connectivity index is 1.80. The van der Waals surface area contributed by atoms with Crippen LogP contribution in [0.4, 0.5) is 0 Å². The lowest BCUT2D eigenvalue weighted by Crippen LogP contribution is -2.28. The van der Waals surface area contributed by atoms with Crippen molar-refractivity contribution in [3.8, 4) is 11.8 Å². The molecular weight excluding hydrogens is 446 g/mol. The third kappa shape index (κ3) is 4.42. The number of nitrogens with zero attached hydrogens (tertiary/aromatic N) is 2. The Bertz CT molecular complexity index is 1590.